The molecule has 3 aromatic rings. The number of benzene rings is 2. The van der Waals surface area contributed by atoms with E-state index in [1.165, 1.54) is 6.33 Å². The highest BCUT2D eigenvalue weighted by Crippen LogP contribution is 2.19. The smallest absolute Gasteiger partial charge is 0.255 e. The summed E-state index contributed by atoms with van der Waals surface area (Å²) < 4.78 is 1.57. The molecule has 0 aliphatic rings. The number of rotatable bonds is 3. The van der Waals surface area contributed by atoms with Gasteiger partial charge in [-0.15, -0.1) is 5.10 Å². The number of tetrazole rings is 1. The average molecular weight is 314 g/mol. The van der Waals surface area contributed by atoms with Crippen molar-refractivity contribution in [3.8, 4) is 5.69 Å². The van der Waals surface area contributed by atoms with E-state index >= 15 is 0 Å². The fraction of sp³-hybridized carbons (Fsp3) is 0.0667. The Morgan fingerprint density at radius 1 is 1.18 bits per heavy atom. The Balaban J connectivity index is 1.80. The van der Waals surface area contributed by atoms with E-state index < -0.39 is 0 Å². The van der Waals surface area contributed by atoms with E-state index in [4.69, 9.17) is 11.6 Å². The lowest BCUT2D eigenvalue weighted by atomic mass is 10.1. The SMILES string of the molecule is Cc1cc(NC(=O)c2ccc(Cl)cc2)ccc1-n1cnnn1. The number of nitrogens with one attached hydrogen (secondary N) is 1. The van der Waals surface area contributed by atoms with Crippen molar-refractivity contribution in [3.63, 3.8) is 0 Å². The van der Waals surface area contributed by atoms with Gasteiger partial charge in [-0.3, -0.25) is 4.79 Å². The molecule has 3 rings (SSSR count). The molecule has 1 heterocycles. The van der Waals surface area contributed by atoms with Gasteiger partial charge in [-0.1, -0.05) is 11.6 Å². The third-order valence-corrected chi connectivity index (χ3v) is 3.41. The van der Waals surface area contributed by atoms with Crippen molar-refractivity contribution < 1.29 is 4.79 Å². The normalized spacial score (nSPS) is 10.5. The second kappa shape index (κ2) is 5.95. The average Bonchev–Trinajstić information content (AvgIpc) is 3.02. The van der Waals surface area contributed by atoms with Crippen molar-refractivity contribution in [2.45, 2.75) is 6.92 Å². The van der Waals surface area contributed by atoms with Crippen LogP contribution in [0.2, 0.25) is 5.02 Å². The highest BCUT2D eigenvalue weighted by atomic mass is 35.5. The van der Waals surface area contributed by atoms with E-state index in [0.29, 0.717) is 16.3 Å². The van der Waals surface area contributed by atoms with Gasteiger partial charge in [-0.2, -0.15) is 0 Å². The van der Waals surface area contributed by atoms with Crippen LogP contribution in [-0.4, -0.2) is 26.1 Å². The van der Waals surface area contributed by atoms with E-state index in [0.717, 1.165) is 11.3 Å². The summed E-state index contributed by atoms with van der Waals surface area (Å²) in [6.45, 7) is 1.93. The molecule has 0 aliphatic carbocycles. The van der Waals surface area contributed by atoms with Gasteiger partial charge in [0.2, 0.25) is 0 Å². The van der Waals surface area contributed by atoms with Crippen LogP contribution in [-0.2, 0) is 0 Å². The largest absolute Gasteiger partial charge is 0.322 e. The Kier molecular flexibility index (Phi) is 3.84. The zero-order chi connectivity index (χ0) is 15.5. The van der Waals surface area contributed by atoms with E-state index in [-0.39, 0.29) is 5.91 Å². The molecule has 0 spiro atoms. The highest BCUT2D eigenvalue weighted by Gasteiger charge is 2.08. The summed E-state index contributed by atoms with van der Waals surface area (Å²) in [4.78, 5) is 12.2. The first kappa shape index (κ1) is 14.2. The number of amides is 1. The maximum atomic E-state index is 12.2. The van der Waals surface area contributed by atoms with Gasteiger partial charge in [0.15, 0.2) is 0 Å². The molecule has 1 amide bonds. The molecule has 7 heteroatoms. The standard InChI is InChI=1S/C15H12ClN5O/c1-10-8-13(6-7-14(10)21-9-17-19-20-21)18-15(22)11-2-4-12(16)5-3-11/h2-9H,1H3,(H,18,22). The molecule has 0 bridgehead atoms. The molecule has 2 aromatic carbocycles. The fourth-order valence-corrected chi connectivity index (χ4v) is 2.19. The summed E-state index contributed by atoms with van der Waals surface area (Å²) in [5, 5.41) is 14.5. The summed E-state index contributed by atoms with van der Waals surface area (Å²) >= 11 is 5.81. The summed E-state index contributed by atoms with van der Waals surface area (Å²) in [5.74, 6) is -0.189. The molecular weight excluding hydrogens is 302 g/mol. The predicted molar refractivity (Wildman–Crippen MR) is 83.3 cm³/mol. The van der Waals surface area contributed by atoms with Crippen molar-refractivity contribution >= 4 is 23.2 Å². The number of anilines is 1. The molecule has 0 aliphatic heterocycles. The highest BCUT2D eigenvalue weighted by molar-refractivity contribution is 6.30. The Hall–Kier alpha value is -2.73. The first-order chi connectivity index (χ1) is 10.6. The number of carbonyl (C=O) groups is 1. The maximum Gasteiger partial charge on any atom is 0.255 e. The van der Waals surface area contributed by atoms with Crippen LogP contribution in [0.1, 0.15) is 15.9 Å². The van der Waals surface area contributed by atoms with Crippen LogP contribution in [0.5, 0.6) is 0 Å². The van der Waals surface area contributed by atoms with Crippen LogP contribution < -0.4 is 5.32 Å². The maximum absolute atomic E-state index is 12.2. The van der Waals surface area contributed by atoms with Gasteiger partial charge in [0.25, 0.3) is 5.91 Å². The molecule has 1 aromatic heterocycles. The molecule has 6 nitrogen and oxygen atoms in total. The molecule has 0 radical (unpaired) electrons. The lowest BCUT2D eigenvalue weighted by molar-refractivity contribution is 0.102. The number of carbonyl (C=O) groups excluding carboxylic acids is 1. The number of aryl methyl sites for hydroxylation is 1. The van der Waals surface area contributed by atoms with Gasteiger partial charge < -0.3 is 5.32 Å². The van der Waals surface area contributed by atoms with E-state index in [9.17, 15) is 4.79 Å². The van der Waals surface area contributed by atoms with Crippen molar-refractivity contribution in [2.75, 3.05) is 5.32 Å². The first-order valence-electron chi connectivity index (χ1n) is 6.54. The van der Waals surface area contributed by atoms with Gasteiger partial charge in [0.1, 0.15) is 6.33 Å². The van der Waals surface area contributed by atoms with Crippen LogP contribution in [0.15, 0.2) is 48.8 Å². The predicted octanol–water partition coefficient (Wildman–Crippen LogP) is 2.88. The summed E-state index contributed by atoms with van der Waals surface area (Å²) in [6, 6.07) is 12.2. The molecule has 22 heavy (non-hydrogen) atoms. The van der Waals surface area contributed by atoms with Gasteiger partial charge in [0.05, 0.1) is 5.69 Å². The molecule has 0 atom stereocenters. The Labute approximate surface area is 131 Å². The van der Waals surface area contributed by atoms with Crippen molar-refractivity contribution in [1.82, 2.24) is 20.2 Å². The van der Waals surface area contributed by atoms with Gasteiger partial charge in [0, 0.05) is 16.3 Å². The van der Waals surface area contributed by atoms with Crippen LogP contribution >= 0.6 is 11.6 Å². The zero-order valence-electron chi connectivity index (χ0n) is 11.7. The van der Waals surface area contributed by atoms with Crippen LogP contribution in [0, 0.1) is 6.92 Å². The van der Waals surface area contributed by atoms with Crippen LogP contribution in [0.4, 0.5) is 5.69 Å². The molecule has 1 N–H and O–H groups in total. The zero-order valence-corrected chi connectivity index (χ0v) is 12.4. The second-order valence-corrected chi connectivity index (χ2v) is 5.15. The van der Waals surface area contributed by atoms with E-state index in [2.05, 4.69) is 20.8 Å². The molecule has 0 unspecified atom stereocenters. The molecule has 0 fully saturated rings. The third kappa shape index (κ3) is 2.96. The number of halogens is 1. The summed E-state index contributed by atoms with van der Waals surface area (Å²) in [7, 11) is 0. The second-order valence-electron chi connectivity index (χ2n) is 4.72. The van der Waals surface area contributed by atoms with Crippen molar-refractivity contribution in [2.24, 2.45) is 0 Å². The lowest BCUT2D eigenvalue weighted by Gasteiger charge is -2.09. The first-order valence-corrected chi connectivity index (χ1v) is 6.92. The van der Waals surface area contributed by atoms with Crippen molar-refractivity contribution in [3.05, 3.63) is 64.9 Å². The fourth-order valence-electron chi connectivity index (χ4n) is 2.07. The van der Waals surface area contributed by atoms with Gasteiger partial charge >= 0.3 is 0 Å². The number of hydrogen-bond donors (Lipinski definition) is 1. The van der Waals surface area contributed by atoms with Crippen LogP contribution in [0.3, 0.4) is 0 Å². The monoisotopic (exact) mass is 313 g/mol. The molecule has 110 valence electrons. The van der Waals surface area contributed by atoms with Crippen LogP contribution in [0.25, 0.3) is 5.69 Å². The number of nitrogens with zero attached hydrogens (tertiary/aromatic N) is 4. The van der Waals surface area contributed by atoms with E-state index in [1.54, 1.807) is 35.0 Å². The molecule has 0 saturated carbocycles. The minimum atomic E-state index is -0.189. The summed E-state index contributed by atoms with van der Waals surface area (Å²) in [5.41, 5.74) is 3.05. The molecule has 0 saturated heterocycles. The van der Waals surface area contributed by atoms with Gasteiger partial charge in [-0.05, 0) is 65.4 Å². The Bertz CT molecular complexity index is 799. The topological polar surface area (TPSA) is 72.7 Å². The Morgan fingerprint density at radius 3 is 2.59 bits per heavy atom. The van der Waals surface area contributed by atoms with Gasteiger partial charge in [-0.25, -0.2) is 4.68 Å². The molecular formula is C15H12ClN5O. The number of aromatic nitrogens is 4. The Morgan fingerprint density at radius 2 is 1.95 bits per heavy atom. The summed E-state index contributed by atoms with van der Waals surface area (Å²) in [6.07, 6.45) is 1.52. The lowest BCUT2D eigenvalue weighted by Crippen LogP contribution is -2.12. The van der Waals surface area contributed by atoms with Crippen molar-refractivity contribution in [1.29, 1.82) is 0 Å². The quantitative estimate of drug-likeness (QED) is 0.807. The third-order valence-electron chi connectivity index (χ3n) is 3.16. The number of hydrogen-bond acceptors (Lipinski definition) is 4. The minimum absolute atomic E-state index is 0.189. The van der Waals surface area contributed by atoms with E-state index in [1.807, 2.05) is 19.1 Å². The minimum Gasteiger partial charge on any atom is -0.322 e.